The molecule has 0 aliphatic carbocycles. The van der Waals surface area contributed by atoms with Crippen LogP contribution in [0.25, 0.3) is 20.2 Å². The van der Waals surface area contributed by atoms with Gasteiger partial charge in [0.2, 0.25) is 0 Å². The fourth-order valence-corrected chi connectivity index (χ4v) is 3.75. The highest BCUT2D eigenvalue weighted by Gasteiger charge is 2.16. The van der Waals surface area contributed by atoms with E-state index in [2.05, 4.69) is 71.3 Å². The van der Waals surface area contributed by atoms with Crippen LogP contribution in [-0.2, 0) is 0 Å². The molecule has 0 unspecified atom stereocenters. The number of hydrogen-bond acceptors (Lipinski definition) is 3. The topological polar surface area (TPSA) is 6.48 Å². The van der Waals surface area contributed by atoms with E-state index in [9.17, 15) is 0 Å². The number of nitrogens with zero attached hydrogens (tertiary/aromatic N) is 2. The number of thiophene rings is 1. The van der Waals surface area contributed by atoms with Crippen LogP contribution in [0, 0.1) is 6.67 Å². The maximum atomic E-state index is 2.21. The molecule has 4 rings (SSSR count). The number of benzene rings is 2. The molecule has 0 bridgehead atoms. The van der Waals surface area contributed by atoms with Crippen molar-refractivity contribution in [3.63, 3.8) is 0 Å². The van der Waals surface area contributed by atoms with Crippen molar-refractivity contribution in [2.24, 2.45) is 0 Å². The Labute approximate surface area is 116 Å². The van der Waals surface area contributed by atoms with Crippen LogP contribution in [0.2, 0.25) is 0 Å². The van der Waals surface area contributed by atoms with Crippen LogP contribution in [-0.4, -0.2) is 11.9 Å². The summed E-state index contributed by atoms with van der Waals surface area (Å²) in [6.07, 6.45) is 4.16. The highest BCUT2D eigenvalue weighted by atomic mass is 32.1. The first-order valence-corrected chi connectivity index (χ1v) is 7.08. The molecule has 19 heavy (non-hydrogen) atoms. The molecule has 0 saturated heterocycles. The molecular formula is C16H13N2S. The summed E-state index contributed by atoms with van der Waals surface area (Å²) in [5, 5.41) is 2.69. The molecule has 2 heterocycles. The van der Waals surface area contributed by atoms with Gasteiger partial charge in [-0.25, -0.2) is 0 Å². The lowest BCUT2D eigenvalue weighted by Crippen LogP contribution is -2.14. The summed E-state index contributed by atoms with van der Waals surface area (Å²) in [5.74, 6) is 0. The predicted molar refractivity (Wildman–Crippen MR) is 83.0 cm³/mol. The molecule has 1 aromatic heterocycles. The van der Waals surface area contributed by atoms with Crippen molar-refractivity contribution >= 4 is 37.2 Å². The summed E-state index contributed by atoms with van der Waals surface area (Å²) in [5.41, 5.74) is 1.25. The van der Waals surface area contributed by atoms with Gasteiger partial charge in [-0.3, -0.25) is 0 Å². The van der Waals surface area contributed by atoms with Crippen molar-refractivity contribution in [3.05, 3.63) is 61.5 Å². The van der Waals surface area contributed by atoms with Crippen LogP contribution in [0.3, 0.4) is 0 Å². The van der Waals surface area contributed by atoms with Gasteiger partial charge in [-0.2, -0.15) is 0 Å². The fraction of sp³-hybridized carbons (Fsp3) is 0.0625. The maximum absolute atomic E-state index is 2.21. The second-order valence-electron chi connectivity index (χ2n) is 4.74. The van der Waals surface area contributed by atoms with Gasteiger partial charge in [0, 0.05) is 34.9 Å². The predicted octanol–water partition coefficient (Wildman–Crippen LogP) is 4.40. The van der Waals surface area contributed by atoms with Crippen molar-refractivity contribution < 1.29 is 0 Å². The molecule has 0 spiro atoms. The molecule has 0 atom stereocenters. The third-order valence-electron chi connectivity index (χ3n) is 3.43. The monoisotopic (exact) mass is 265 g/mol. The van der Waals surface area contributed by atoms with E-state index < -0.39 is 0 Å². The lowest BCUT2D eigenvalue weighted by atomic mass is 10.1. The van der Waals surface area contributed by atoms with E-state index in [1.807, 2.05) is 18.4 Å². The van der Waals surface area contributed by atoms with Gasteiger partial charge in [-0.1, -0.05) is 30.3 Å². The van der Waals surface area contributed by atoms with Gasteiger partial charge in [0.1, 0.15) is 6.67 Å². The minimum absolute atomic E-state index is 1.25. The quantitative estimate of drug-likeness (QED) is 0.643. The molecule has 1 aliphatic rings. The number of hydrogen-bond donors (Lipinski definition) is 0. The Morgan fingerprint density at radius 1 is 0.895 bits per heavy atom. The van der Waals surface area contributed by atoms with Crippen LogP contribution < -0.4 is 4.90 Å². The maximum Gasteiger partial charge on any atom is 0.145 e. The van der Waals surface area contributed by atoms with E-state index in [4.69, 9.17) is 0 Å². The molecular weight excluding hydrogens is 252 g/mol. The van der Waals surface area contributed by atoms with Crippen molar-refractivity contribution in [2.45, 2.75) is 0 Å². The van der Waals surface area contributed by atoms with Gasteiger partial charge < -0.3 is 9.80 Å². The fourth-order valence-electron chi connectivity index (χ4n) is 2.53. The Bertz CT molecular complexity index is 788. The van der Waals surface area contributed by atoms with Crippen LogP contribution >= 0.6 is 11.3 Å². The van der Waals surface area contributed by atoms with Crippen molar-refractivity contribution in [3.8, 4) is 0 Å². The average Bonchev–Trinajstić information content (AvgIpc) is 3.02. The van der Waals surface area contributed by atoms with Gasteiger partial charge >= 0.3 is 0 Å². The van der Waals surface area contributed by atoms with Gasteiger partial charge in [-0.15, -0.1) is 11.3 Å². The summed E-state index contributed by atoms with van der Waals surface area (Å²) in [6.45, 7) is 2.10. The van der Waals surface area contributed by atoms with E-state index in [1.165, 1.54) is 25.9 Å². The normalized spacial score (nSPS) is 15.0. The first kappa shape index (κ1) is 10.9. The minimum atomic E-state index is 1.25. The van der Waals surface area contributed by atoms with Gasteiger partial charge in [-0.05, 0) is 12.1 Å². The zero-order valence-electron chi connectivity index (χ0n) is 10.6. The Balaban J connectivity index is 1.99. The Morgan fingerprint density at radius 3 is 2.58 bits per heavy atom. The summed E-state index contributed by atoms with van der Waals surface area (Å²) >= 11 is 1.86. The summed E-state index contributed by atoms with van der Waals surface area (Å²) in [4.78, 5) is 4.24. The smallest absolute Gasteiger partial charge is 0.145 e. The van der Waals surface area contributed by atoms with Crippen molar-refractivity contribution in [1.29, 1.82) is 0 Å². The van der Waals surface area contributed by atoms with Gasteiger partial charge in [0.25, 0.3) is 0 Å². The third-order valence-corrected chi connectivity index (χ3v) is 4.64. The Hall–Kier alpha value is -2.00. The molecule has 3 aromatic rings. The summed E-state index contributed by atoms with van der Waals surface area (Å²) < 4.78 is 2.70. The number of anilines is 1. The van der Waals surface area contributed by atoms with Crippen LogP contribution in [0.15, 0.2) is 54.9 Å². The van der Waals surface area contributed by atoms with Crippen LogP contribution in [0.1, 0.15) is 0 Å². The second-order valence-corrected chi connectivity index (χ2v) is 5.79. The molecule has 1 radical (unpaired) electrons. The summed E-state index contributed by atoms with van der Waals surface area (Å²) in [7, 11) is 2.04. The number of fused-ring (bicyclic) bond motifs is 3. The zero-order chi connectivity index (χ0) is 12.8. The first-order valence-electron chi connectivity index (χ1n) is 6.27. The molecule has 93 valence electrons. The lowest BCUT2D eigenvalue weighted by molar-refractivity contribution is 0.575. The minimum Gasteiger partial charge on any atom is -0.356 e. The highest BCUT2D eigenvalue weighted by molar-refractivity contribution is 7.26. The second kappa shape index (κ2) is 4.00. The molecule has 3 heteroatoms. The van der Waals surface area contributed by atoms with E-state index in [1.54, 1.807) is 0 Å². The van der Waals surface area contributed by atoms with Crippen LogP contribution in [0.4, 0.5) is 5.69 Å². The molecule has 0 fully saturated rings. The largest absolute Gasteiger partial charge is 0.356 e. The van der Waals surface area contributed by atoms with E-state index >= 15 is 0 Å². The highest BCUT2D eigenvalue weighted by Crippen LogP contribution is 2.40. The van der Waals surface area contributed by atoms with Gasteiger partial charge in [0.15, 0.2) is 0 Å². The Morgan fingerprint density at radius 2 is 1.74 bits per heavy atom. The third kappa shape index (κ3) is 1.62. The molecule has 0 N–H and O–H groups in total. The van der Waals surface area contributed by atoms with Crippen molar-refractivity contribution in [2.75, 3.05) is 11.9 Å². The average molecular weight is 265 g/mol. The van der Waals surface area contributed by atoms with Crippen LogP contribution in [0.5, 0.6) is 0 Å². The standard InChI is InChI=1S/C16H13N2S/c1-17-9-10-18(11-17)14-7-4-6-13-12-5-2-3-8-15(12)19-16(13)14/h2-11H,1H3. The molecule has 1 aliphatic heterocycles. The molecule has 0 saturated carbocycles. The first-order chi connectivity index (χ1) is 9.33. The number of rotatable bonds is 1. The Kier molecular flexibility index (Phi) is 2.29. The SMILES string of the molecule is CN1[CH]N(c2cccc3c2sc2ccccc23)C=C1. The molecule has 2 aromatic carbocycles. The zero-order valence-corrected chi connectivity index (χ0v) is 11.4. The molecule has 0 amide bonds. The summed E-state index contributed by atoms with van der Waals surface area (Å²) in [6, 6.07) is 15.1. The lowest BCUT2D eigenvalue weighted by Gasteiger charge is -2.17. The van der Waals surface area contributed by atoms with Crippen molar-refractivity contribution in [1.82, 2.24) is 4.90 Å². The van der Waals surface area contributed by atoms with E-state index in [0.717, 1.165) is 0 Å². The van der Waals surface area contributed by atoms with E-state index in [0.29, 0.717) is 0 Å². The van der Waals surface area contributed by atoms with Gasteiger partial charge in [0.05, 0.1) is 10.4 Å². The molecule has 2 nitrogen and oxygen atoms in total. The van der Waals surface area contributed by atoms with E-state index in [-0.39, 0.29) is 0 Å².